The van der Waals surface area contributed by atoms with Crippen molar-refractivity contribution in [3.63, 3.8) is 0 Å². The molecule has 12 nitrogen and oxygen atoms in total. The SMILES string of the molecule is C=CCc1ncc[nH]1.NC(N)=NCCCC(NC(CCC(=O)O)C(=O)O)C(=O)O. The first kappa shape index (κ1) is 25.6. The van der Waals surface area contributed by atoms with Gasteiger partial charge in [-0.15, -0.1) is 6.58 Å². The van der Waals surface area contributed by atoms with Gasteiger partial charge in [-0.2, -0.15) is 0 Å². The average Bonchev–Trinajstić information content (AvgIpc) is 3.13. The van der Waals surface area contributed by atoms with Crippen LogP contribution in [0.1, 0.15) is 31.5 Å². The summed E-state index contributed by atoms with van der Waals surface area (Å²) in [7, 11) is 0. The molecule has 1 aromatic rings. The number of carbonyl (C=O) groups is 3. The number of guanidine groups is 1. The molecule has 0 spiro atoms. The second kappa shape index (κ2) is 14.6. The lowest BCUT2D eigenvalue weighted by atomic mass is 10.1. The molecule has 0 aromatic carbocycles. The lowest BCUT2D eigenvalue weighted by Crippen LogP contribution is -2.47. The van der Waals surface area contributed by atoms with Crippen LogP contribution in [-0.2, 0) is 20.8 Å². The summed E-state index contributed by atoms with van der Waals surface area (Å²) < 4.78 is 0. The summed E-state index contributed by atoms with van der Waals surface area (Å²) in [6.45, 7) is 3.80. The number of hydrogen-bond donors (Lipinski definition) is 7. The topological polar surface area (TPSA) is 217 Å². The van der Waals surface area contributed by atoms with Gasteiger partial charge in [0.1, 0.15) is 17.9 Å². The summed E-state index contributed by atoms with van der Waals surface area (Å²) in [6.07, 6.45) is 6.06. The Balaban J connectivity index is 0.000000807. The molecule has 0 aliphatic carbocycles. The number of imidazole rings is 1. The predicted molar refractivity (Wildman–Crippen MR) is 105 cm³/mol. The molecular formula is C17H28N6O6. The van der Waals surface area contributed by atoms with Crippen molar-refractivity contribution in [1.82, 2.24) is 15.3 Å². The van der Waals surface area contributed by atoms with Gasteiger partial charge in [-0.1, -0.05) is 6.08 Å². The Hall–Kier alpha value is -3.41. The van der Waals surface area contributed by atoms with E-state index in [1.807, 2.05) is 6.08 Å². The summed E-state index contributed by atoms with van der Waals surface area (Å²) in [5, 5.41) is 29.0. The maximum absolute atomic E-state index is 11.1. The number of aromatic nitrogens is 2. The minimum atomic E-state index is -1.30. The molecule has 0 bridgehead atoms. The van der Waals surface area contributed by atoms with E-state index in [2.05, 4.69) is 26.9 Å². The fraction of sp³-hybridized carbons (Fsp3) is 0.471. The number of aliphatic imine (C=N–C) groups is 1. The molecule has 1 heterocycles. The van der Waals surface area contributed by atoms with E-state index in [4.69, 9.17) is 26.8 Å². The number of rotatable bonds is 13. The average molecular weight is 412 g/mol. The molecule has 1 rings (SSSR count). The maximum Gasteiger partial charge on any atom is 0.320 e. The normalized spacial score (nSPS) is 12.0. The predicted octanol–water partition coefficient (Wildman–Crippen LogP) is -0.461. The van der Waals surface area contributed by atoms with Gasteiger partial charge in [0.25, 0.3) is 0 Å². The highest BCUT2D eigenvalue weighted by Gasteiger charge is 2.26. The zero-order valence-corrected chi connectivity index (χ0v) is 16.0. The van der Waals surface area contributed by atoms with Crippen LogP contribution in [0.3, 0.4) is 0 Å². The molecule has 0 saturated heterocycles. The van der Waals surface area contributed by atoms with Crippen LogP contribution in [0.2, 0.25) is 0 Å². The molecule has 0 radical (unpaired) electrons. The van der Waals surface area contributed by atoms with E-state index in [1.165, 1.54) is 0 Å². The zero-order chi connectivity index (χ0) is 22.2. The lowest BCUT2D eigenvalue weighted by molar-refractivity contribution is -0.143. The van der Waals surface area contributed by atoms with Crippen molar-refractivity contribution in [3.8, 4) is 0 Å². The van der Waals surface area contributed by atoms with Crippen molar-refractivity contribution in [2.75, 3.05) is 6.54 Å². The monoisotopic (exact) mass is 412 g/mol. The van der Waals surface area contributed by atoms with Crippen molar-refractivity contribution in [2.24, 2.45) is 16.5 Å². The van der Waals surface area contributed by atoms with E-state index in [0.717, 1.165) is 12.2 Å². The molecule has 0 saturated carbocycles. The minimum absolute atomic E-state index is 0.111. The molecule has 0 aliphatic rings. The number of aliphatic carboxylic acids is 3. The Morgan fingerprint density at radius 3 is 2.28 bits per heavy atom. The van der Waals surface area contributed by atoms with Gasteiger partial charge < -0.3 is 31.8 Å². The Morgan fingerprint density at radius 2 is 1.83 bits per heavy atom. The van der Waals surface area contributed by atoms with Crippen molar-refractivity contribution in [2.45, 2.75) is 44.2 Å². The van der Waals surface area contributed by atoms with E-state index < -0.39 is 30.0 Å². The molecule has 9 N–H and O–H groups in total. The van der Waals surface area contributed by atoms with Gasteiger partial charge in [0.15, 0.2) is 5.96 Å². The number of carboxylic acids is 3. The van der Waals surface area contributed by atoms with Crippen LogP contribution in [0.4, 0.5) is 0 Å². The van der Waals surface area contributed by atoms with Crippen LogP contribution < -0.4 is 16.8 Å². The van der Waals surface area contributed by atoms with E-state index in [9.17, 15) is 14.4 Å². The number of nitrogens with two attached hydrogens (primary N) is 2. The highest BCUT2D eigenvalue weighted by atomic mass is 16.4. The molecule has 0 fully saturated rings. The molecule has 0 amide bonds. The Bertz CT molecular complexity index is 672. The van der Waals surface area contributed by atoms with E-state index in [0.29, 0.717) is 6.42 Å². The quantitative estimate of drug-likeness (QED) is 0.0956. The first-order valence-electron chi connectivity index (χ1n) is 8.75. The second-order valence-corrected chi connectivity index (χ2v) is 5.86. The molecule has 2 unspecified atom stereocenters. The Morgan fingerprint density at radius 1 is 1.21 bits per heavy atom. The molecule has 12 heteroatoms. The van der Waals surface area contributed by atoms with Crippen LogP contribution in [-0.4, -0.2) is 67.8 Å². The smallest absolute Gasteiger partial charge is 0.320 e. The number of nitrogens with one attached hydrogen (secondary N) is 2. The van der Waals surface area contributed by atoms with Gasteiger partial charge in [-0.3, -0.25) is 24.7 Å². The fourth-order valence-corrected chi connectivity index (χ4v) is 2.12. The van der Waals surface area contributed by atoms with Crippen molar-refractivity contribution in [3.05, 3.63) is 30.9 Å². The van der Waals surface area contributed by atoms with Gasteiger partial charge in [0.2, 0.25) is 0 Å². The zero-order valence-electron chi connectivity index (χ0n) is 16.0. The van der Waals surface area contributed by atoms with Crippen LogP contribution in [0, 0.1) is 0 Å². The maximum atomic E-state index is 11.1. The third kappa shape index (κ3) is 13.4. The van der Waals surface area contributed by atoms with Crippen molar-refractivity contribution in [1.29, 1.82) is 0 Å². The second-order valence-electron chi connectivity index (χ2n) is 5.86. The summed E-state index contributed by atoms with van der Waals surface area (Å²) >= 11 is 0. The number of hydrogen-bond acceptors (Lipinski definition) is 6. The summed E-state index contributed by atoms with van der Waals surface area (Å²) in [5.41, 5.74) is 10.2. The Labute approximate surface area is 167 Å². The Kier molecular flexibility index (Phi) is 12.9. The molecule has 1 aromatic heterocycles. The number of carboxylic acid groups (broad SMARTS) is 3. The molecule has 0 aliphatic heterocycles. The summed E-state index contributed by atoms with van der Waals surface area (Å²) in [5.74, 6) is -2.81. The van der Waals surface area contributed by atoms with Crippen LogP contribution in [0.15, 0.2) is 30.0 Å². The van der Waals surface area contributed by atoms with E-state index in [1.54, 1.807) is 12.4 Å². The third-order valence-corrected chi connectivity index (χ3v) is 3.48. The number of nitrogens with zero attached hydrogens (tertiary/aromatic N) is 2. The third-order valence-electron chi connectivity index (χ3n) is 3.48. The highest BCUT2D eigenvalue weighted by Crippen LogP contribution is 2.05. The minimum Gasteiger partial charge on any atom is -0.481 e. The highest BCUT2D eigenvalue weighted by molar-refractivity contribution is 5.78. The van der Waals surface area contributed by atoms with Gasteiger partial charge in [0.05, 0.1) is 0 Å². The standard InChI is InChI=1S/C11H20N4O6.C6H8N2/c12-11(13)14-5-1-2-6(9(18)19)15-7(10(20)21)3-4-8(16)17;1-2-3-6-7-4-5-8-6/h6-7,15H,1-5H2,(H,16,17)(H,18,19)(H,20,21)(H4,12,13,14);2,4-5H,1,3H2,(H,7,8). The number of aromatic amines is 1. The largest absolute Gasteiger partial charge is 0.481 e. The van der Waals surface area contributed by atoms with Gasteiger partial charge >= 0.3 is 17.9 Å². The first-order valence-corrected chi connectivity index (χ1v) is 8.75. The lowest BCUT2D eigenvalue weighted by Gasteiger charge is -2.19. The van der Waals surface area contributed by atoms with E-state index >= 15 is 0 Å². The number of allylic oxidation sites excluding steroid dienone is 1. The summed E-state index contributed by atoms with van der Waals surface area (Å²) in [6, 6.07) is -2.36. The first-order chi connectivity index (χ1) is 13.7. The molecule has 2 atom stereocenters. The van der Waals surface area contributed by atoms with Gasteiger partial charge in [-0.05, 0) is 19.3 Å². The van der Waals surface area contributed by atoms with Gasteiger partial charge in [-0.25, -0.2) is 4.98 Å². The molecular weight excluding hydrogens is 384 g/mol. The van der Waals surface area contributed by atoms with Crippen molar-refractivity contribution < 1.29 is 29.7 Å². The number of H-pyrrole nitrogens is 1. The van der Waals surface area contributed by atoms with Crippen molar-refractivity contribution >= 4 is 23.9 Å². The van der Waals surface area contributed by atoms with Crippen LogP contribution >= 0.6 is 0 Å². The molecule has 29 heavy (non-hydrogen) atoms. The van der Waals surface area contributed by atoms with Crippen LogP contribution in [0.25, 0.3) is 0 Å². The molecule has 162 valence electrons. The van der Waals surface area contributed by atoms with E-state index in [-0.39, 0.29) is 31.8 Å². The van der Waals surface area contributed by atoms with Crippen LogP contribution in [0.5, 0.6) is 0 Å². The summed E-state index contributed by atoms with van der Waals surface area (Å²) in [4.78, 5) is 43.1. The van der Waals surface area contributed by atoms with Gasteiger partial charge in [0, 0.05) is 31.8 Å². The fourth-order valence-electron chi connectivity index (χ4n) is 2.12.